The number of carboxylic acids is 1. The largest absolute Gasteiger partial charge is 0.475 e. The number of nitrogens with zero attached hydrogens (tertiary/aromatic N) is 4. The Morgan fingerprint density at radius 2 is 2.14 bits per heavy atom. The quantitative estimate of drug-likeness (QED) is 0.845. The van der Waals surface area contributed by atoms with E-state index in [0.29, 0.717) is 23.3 Å². The van der Waals surface area contributed by atoms with E-state index in [1.807, 2.05) is 6.20 Å². The molecule has 3 rings (SSSR count). The molecule has 1 aliphatic heterocycles. The van der Waals surface area contributed by atoms with Crippen molar-refractivity contribution in [2.24, 2.45) is 0 Å². The molecule has 2 aromatic heterocycles. The van der Waals surface area contributed by atoms with Crippen LogP contribution in [0.25, 0.3) is 0 Å². The number of aromatic nitrogens is 3. The van der Waals surface area contributed by atoms with Crippen molar-refractivity contribution >= 4 is 21.9 Å². The van der Waals surface area contributed by atoms with Gasteiger partial charge < -0.3 is 14.3 Å². The molecule has 0 radical (unpaired) electrons. The maximum absolute atomic E-state index is 11.1. The second kappa shape index (κ2) is 6.59. The third kappa shape index (κ3) is 3.54. The number of furan rings is 1. The molecule has 3 heterocycles. The van der Waals surface area contributed by atoms with Crippen molar-refractivity contribution in [2.75, 3.05) is 26.3 Å². The third-order valence-corrected chi connectivity index (χ3v) is 3.77. The lowest BCUT2D eigenvalue weighted by Crippen LogP contribution is -2.35. The molecule has 9 heteroatoms. The van der Waals surface area contributed by atoms with Gasteiger partial charge in [0.2, 0.25) is 5.76 Å². The standard InChI is InChI=1S/C13H15BrN4O4/c14-11-5-9(12(22-11)13(19)20)6-18-8-10(15-16-18)7-17-1-3-21-4-2-17/h5,8H,1-4,6-7H2,(H,19,20). The van der Waals surface area contributed by atoms with E-state index in [0.717, 1.165) is 32.0 Å². The van der Waals surface area contributed by atoms with Gasteiger partial charge in [-0.15, -0.1) is 5.10 Å². The lowest BCUT2D eigenvalue weighted by molar-refractivity contribution is 0.0336. The first-order chi connectivity index (χ1) is 10.6. The first kappa shape index (κ1) is 15.2. The molecule has 1 aliphatic rings. The summed E-state index contributed by atoms with van der Waals surface area (Å²) in [7, 11) is 0. The molecule has 2 aromatic rings. The molecular weight excluding hydrogens is 356 g/mol. The van der Waals surface area contributed by atoms with Gasteiger partial charge in [0.25, 0.3) is 0 Å². The first-order valence-corrected chi connectivity index (χ1v) is 7.62. The molecule has 0 unspecified atom stereocenters. The highest BCUT2D eigenvalue weighted by Crippen LogP contribution is 2.21. The van der Waals surface area contributed by atoms with E-state index < -0.39 is 5.97 Å². The Morgan fingerprint density at radius 3 is 2.86 bits per heavy atom. The number of hydrogen-bond donors (Lipinski definition) is 1. The number of carbonyl (C=O) groups is 1. The highest BCUT2D eigenvalue weighted by Gasteiger charge is 2.18. The average Bonchev–Trinajstić information content (AvgIpc) is 3.07. The Bertz CT molecular complexity index is 663. The fourth-order valence-corrected chi connectivity index (χ4v) is 2.78. The Balaban J connectivity index is 1.67. The second-order valence-electron chi connectivity index (χ2n) is 5.01. The number of aromatic carboxylic acids is 1. The molecule has 1 saturated heterocycles. The van der Waals surface area contributed by atoms with E-state index in [1.54, 1.807) is 10.7 Å². The van der Waals surface area contributed by atoms with Gasteiger partial charge in [-0.3, -0.25) is 4.90 Å². The predicted molar refractivity (Wildman–Crippen MR) is 78.6 cm³/mol. The molecular formula is C13H15BrN4O4. The Morgan fingerprint density at radius 1 is 1.36 bits per heavy atom. The van der Waals surface area contributed by atoms with Crippen LogP contribution in [0.15, 0.2) is 21.3 Å². The van der Waals surface area contributed by atoms with E-state index in [2.05, 4.69) is 31.1 Å². The Labute approximate surface area is 134 Å². The van der Waals surface area contributed by atoms with Crippen LogP contribution < -0.4 is 0 Å². The number of halogens is 1. The van der Waals surface area contributed by atoms with Gasteiger partial charge in [-0.25, -0.2) is 9.48 Å². The molecule has 1 fully saturated rings. The number of hydrogen-bond acceptors (Lipinski definition) is 6. The van der Waals surface area contributed by atoms with Gasteiger partial charge in [-0.05, 0) is 22.0 Å². The Hall–Kier alpha value is -1.71. The average molecular weight is 371 g/mol. The number of rotatable bonds is 5. The van der Waals surface area contributed by atoms with Crippen molar-refractivity contribution in [3.05, 3.63) is 34.0 Å². The van der Waals surface area contributed by atoms with Crippen LogP contribution in [-0.2, 0) is 17.8 Å². The van der Waals surface area contributed by atoms with Crippen LogP contribution in [0, 0.1) is 0 Å². The van der Waals surface area contributed by atoms with Gasteiger partial charge in [-0.2, -0.15) is 0 Å². The maximum atomic E-state index is 11.1. The van der Waals surface area contributed by atoms with Crippen LogP contribution in [0.3, 0.4) is 0 Å². The van der Waals surface area contributed by atoms with Crippen LogP contribution in [0.4, 0.5) is 0 Å². The lowest BCUT2D eigenvalue weighted by Gasteiger charge is -2.25. The van der Waals surface area contributed by atoms with Gasteiger partial charge in [0, 0.05) is 25.2 Å². The van der Waals surface area contributed by atoms with Gasteiger partial charge in [0.15, 0.2) is 4.67 Å². The van der Waals surface area contributed by atoms with Gasteiger partial charge in [0.1, 0.15) is 0 Å². The van der Waals surface area contributed by atoms with Crippen LogP contribution in [-0.4, -0.2) is 57.3 Å². The molecule has 0 amide bonds. The SMILES string of the molecule is O=C(O)c1oc(Br)cc1Cn1cc(CN2CCOCC2)nn1. The molecule has 0 aliphatic carbocycles. The van der Waals surface area contributed by atoms with Gasteiger partial charge in [-0.1, -0.05) is 5.21 Å². The highest BCUT2D eigenvalue weighted by molar-refractivity contribution is 9.10. The zero-order valence-electron chi connectivity index (χ0n) is 11.7. The number of ether oxygens (including phenoxy) is 1. The smallest absolute Gasteiger partial charge is 0.372 e. The van der Waals surface area contributed by atoms with Crippen molar-refractivity contribution in [3.63, 3.8) is 0 Å². The van der Waals surface area contributed by atoms with E-state index in [9.17, 15) is 4.79 Å². The summed E-state index contributed by atoms with van der Waals surface area (Å²) in [4.78, 5) is 13.4. The Kier molecular flexibility index (Phi) is 4.55. The van der Waals surface area contributed by atoms with Crippen molar-refractivity contribution < 1.29 is 19.1 Å². The maximum Gasteiger partial charge on any atom is 0.372 e. The zero-order valence-corrected chi connectivity index (χ0v) is 13.3. The minimum atomic E-state index is -1.10. The molecule has 118 valence electrons. The summed E-state index contributed by atoms with van der Waals surface area (Å²) in [5.74, 6) is -1.19. The zero-order chi connectivity index (χ0) is 15.5. The normalized spacial score (nSPS) is 16.0. The van der Waals surface area contributed by atoms with Crippen LogP contribution >= 0.6 is 15.9 Å². The fraction of sp³-hybridized carbons (Fsp3) is 0.462. The lowest BCUT2D eigenvalue weighted by atomic mass is 10.2. The van der Waals surface area contributed by atoms with Gasteiger partial charge in [0.05, 0.1) is 31.6 Å². The second-order valence-corrected chi connectivity index (χ2v) is 5.79. The van der Waals surface area contributed by atoms with Crippen LogP contribution in [0.1, 0.15) is 21.8 Å². The summed E-state index contributed by atoms with van der Waals surface area (Å²) in [6.07, 6.45) is 1.82. The molecule has 8 nitrogen and oxygen atoms in total. The monoisotopic (exact) mass is 370 g/mol. The van der Waals surface area contributed by atoms with E-state index in [1.165, 1.54) is 0 Å². The van der Waals surface area contributed by atoms with Crippen molar-refractivity contribution in [3.8, 4) is 0 Å². The summed E-state index contributed by atoms with van der Waals surface area (Å²) in [5.41, 5.74) is 1.39. The fourth-order valence-electron chi connectivity index (χ4n) is 2.34. The first-order valence-electron chi connectivity index (χ1n) is 6.82. The van der Waals surface area contributed by atoms with Crippen LogP contribution in [0.2, 0.25) is 0 Å². The third-order valence-electron chi connectivity index (χ3n) is 3.38. The molecule has 0 aromatic carbocycles. The topological polar surface area (TPSA) is 93.6 Å². The predicted octanol–water partition coefficient (Wildman–Crippen LogP) is 1.21. The molecule has 0 spiro atoms. The molecule has 0 atom stereocenters. The van der Waals surface area contributed by atoms with Gasteiger partial charge >= 0.3 is 5.97 Å². The molecule has 0 bridgehead atoms. The summed E-state index contributed by atoms with van der Waals surface area (Å²) >= 11 is 3.14. The van der Waals surface area contributed by atoms with Crippen molar-refractivity contribution in [2.45, 2.75) is 13.1 Å². The summed E-state index contributed by atoms with van der Waals surface area (Å²) < 4.78 is 12.4. The van der Waals surface area contributed by atoms with Crippen LogP contribution in [0.5, 0.6) is 0 Å². The van der Waals surface area contributed by atoms with Crippen molar-refractivity contribution in [1.29, 1.82) is 0 Å². The minimum Gasteiger partial charge on any atom is -0.475 e. The molecule has 22 heavy (non-hydrogen) atoms. The number of carboxylic acid groups (broad SMARTS) is 1. The molecule has 0 saturated carbocycles. The van der Waals surface area contributed by atoms with E-state index >= 15 is 0 Å². The molecule has 1 N–H and O–H groups in total. The summed E-state index contributed by atoms with van der Waals surface area (Å²) in [6, 6.07) is 1.63. The summed E-state index contributed by atoms with van der Waals surface area (Å²) in [5, 5.41) is 17.3. The van der Waals surface area contributed by atoms with E-state index in [4.69, 9.17) is 14.3 Å². The summed E-state index contributed by atoms with van der Waals surface area (Å²) in [6.45, 7) is 4.24. The van der Waals surface area contributed by atoms with Crippen molar-refractivity contribution in [1.82, 2.24) is 19.9 Å². The highest BCUT2D eigenvalue weighted by atomic mass is 79.9. The van der Waals surface area contributed by atoms with E-state index in [-0.39, 0.29) is 5.76 Å². The number of morpholine rings is 1. The minimum absolute atomic E-state index is 0.0860.